The van der Waals surface area contributed by atoms with E-state index in [1.54, 1.807) is 0 Å². The van der Waals surface area contributed by atoms with E-state index in [0.29, 0.717) is 78.8 Å². The molecule has 4 aromatic heterocycles. The molecule has 1 aromatic carbocycles. The minimum absolute atomic E-state index is 0. The van der Waals surface area contributed by atoms with E-state index >= 15 is 0 Å². The molecule has 2 N–H and O–H groups in total. The van der Waals surface area contributed by atoms with Gasteiger partial charge in [0.25, 0.3) is 0 Å². The molecule has 0 atom stereocenters. The zero-order valence-corrected chi connectivity index (χ0v) is 41.5. The van der Waals surface area contributed by atoms with Gasteiger partial charge in [-0.1, -0.05) is 30.3 Å². The summed E-state index contributed by atoms with van der Waals surface area (Å²) in [7, 11) is 0. The maximum atomic E-state index is 8.25. The van der Waals surface area contributed by atoms with Gasteiger partial charge in [-0.3, -0.25) is 29.7 Å². The van der Waals surface area contributed by atoms with Crippen molar-refractivity contribution < 1.29 is 73.5 Å². The van der Waals surface area contributed by atoms with Gasteiger partial charge in [0.1, 0.15) is 12.4 Å². The van der Waals surface area contributed by atoms with Crippen LogP contribution in [-0.4, -0.2) is 89.7 Å². The summed E-state index contributed by atoms with van der Waals surface area (Å²) in [5.74, 6) is 0.803. The molecule has 0 aliphatic heterocycles. The number of hydrogen-bond donors (Lipinski definition) is 1. The van der Waals surface area contributed by atoms with Gasteiger partial charge < -0.3 is 81.2 Å². The molecule has 0 saturated heterocycles. The summed E-state index contributed by atoms with van der Waals surface area (Å²) in [6.07, 6.45) is 7.35. The number of nitrogens with zero attached hydrogens (tertiary/aromatic N) is 10. The largest absolute Gasteiger partial charge is 2.00 e. The van der Waals surface area contributed by atoms with E-state index < -0.39 is 20.3 Å². The molecular weight excluding hydrogens is 981 g/mol. The van der Waals surface area contributed by atoms with Crippen LogP contribution in [0.4, 0.5) is 0 Å². The molecule has 4 heterocycles. The number of nitrogens with two attached hydrogens (primary N) is 1. The van der Waals surface area contributed by atoms with E-state index in [9.17, 15) is 0 Å². The van der Waals surface area contributed by atoms with E-state index in [2.05, 4.69) is 72.2 Å². The van der Waals surface area contributed by atoms with Gasteiger partial charge in [-0.15, -0.1) is 0 Å². The Kier molecular flexibility index (Phi) is 36.3. The molecule has 28 heteroatoms. The monoisotopic (exact) mass is 1020 g/mol. The predicted octanol–water partition coefficient (Wildman–Crippen LogP) is 4.08. The van der Waals surface area contributed by atoms with Crippen molar-refractivity contribution in [3.63, 3.8) is 0 Å². The Morgan fingerprint density at radius 1 is 0.439 bits per heavy atom. The van der Waals surface area contributed by atoms with Crippen molar-refractivity contribution in [2.24, 2.45) is 5.73 Å². The van der Waals surface area contributed by atoms with Crippen molar-refractivity contribution in [3.8, 4) is 5.75 Å². The van der Waals surface area contributed by atoms with E-state index in [0.717, 1.165) is 39.7 Å². The Hall–Kier alpha value is -6.53. The van der Waals surface area contributed by atoms with E-state index in [-0.39, 0.29) is 39.0 Å². The molecule has 0 aliphatic rings. The van der Waals surface area contributed by atoms with Crippen molar-refractivity contribution >= 4 is 0 Å². The van der Waals surface area contributed by atoms with E-state index in [4.69, 9.17) is 81.2 Å². The van der Waals surface area contributed by atoms with Crippen LogP contribution < -0.4 is 10.5 Å². The maximum absolute atomic E-state index is 8.25. The Morgan fingerprint density at radius 3 is 1.00 bits per heavy atom. The summed E-state index contributed by atoms with van der Waals surface area (Å²) >= 11 is 0. The first-order valence-corrected chi connectivity index (χ1v) is 18.6. The number of ether oxygens (including phenoxy) is 3. The zero-order valence-electron chi connectivity index (χ0n) is 35.5. The predicted molar refractivity (Wildman–Crippen MR) is 227 cm³/mol. The van der Waals surface area contributed by atoms with Gasteiger partial charge in [0, 0.05) is 70.6 Å². The normalized spacial score (nSPS) is 9.68. The molecule has 5 aromatic rings. The van der Waals surface area contributed by atoms with Crippen LogP contribution in [0.3, 0.4) is 0 Å². The molecule has 0 aliphatic carbocycles. The molecule has 0 saturated carbocycles. The Labute approximate surface area is 403 Å². The number of hydrogen-bond acceptors (Lipinski definition) is 22. The average Bonchev–Trinajstić information content (AvgIpc) is 3.22. The first kappa shape index (κ1) is 61.6. The summed E-state index contributed by atoms with van der Waals surface area (Å²) in [6.45, 7) is 7.05. The molecule has 0 unspecified atom stereocenters. The van der Waals surface area contributed by atoms with Crippen LogP contribution in [0.5, 0.6) is 5.75 Å². The summed E-state index contributed by atoms with van der Waals surface area (Å²) in [6, 6.07) is 30.6. The molecule has 26 nitrogen and oxygen atoms in total. The van der Waals surface area contributed by atoms with Gasteiger partial charge in [0.05, 0.1) is 69.5 Å². The third-order valence-corrected chi connectivity index (χ3v) is 7.42. The van der Waals surface area contributed by atoms with E-state index in [1.807, 2.05) is 73.3 Å². The molecule has 346 valence electrons. The van der Waals surface area contributed by atoms with Gasteiger partial charge in [-0.05, 0) is 71.8 Å². The molecule has 0 fully saturated rings. The fourth-order valence-electron chi connectivity index (χ4n) is 5.35. The fourth-order valence-corrected chi connectivity index (χ4v) is 5.35. The average molecular weight is 1030 g/mol. The van der Waals surface area contributed by atoms with Gasteiger partial charge in [-0.25, -0.2) is 0 Å². The minimum atomic E-state index is -1.75. The Balaban J connectivity index is 0. The molecule has 0 bridgehead atoms. The molecular formula is C38H45N11O15Zn2. The standard InChI is InChI=1S/C38H45N7O3.4NO3.2Zn/c39-13-18-46-19-20-47-21-22-48-38-24-32(26-44(28-34-9-1-5-14-40-34)29-35-10-2-6-15-41-35)23-33(25-38)27-45(30-36-11-3-7-16-42-36)31-37-12-4-8-17-43-37;4*2-1(3)4;;/h1-12,14-17,23-25H,13,18-22,26-31,39H2;;;;;;/q;4*-1;2*+2. The van der Waals surface area contributed by atoms with Gasteiger partial charge in [-0.2, -0.15) is 0 Å². The molecule has 66 heavy (non-hydrogen) atoms. The van der Waals surface area contributed by atoms with Gasteiger partial charge >= 0.3 is 39.0 Å². The maximum Gasteiger partial charge on any atom is 2.00 e. The third kappa shape index (κ3) is 35.9. The zero-order chi connectivity index (χ0) is 47.4. The smallest absolute Gasteiger partial charge is 0.491 e. The van der Waals surface area contributed by atoms with Crippen molar-refractivity contribution in [2.75, 3.05) is 39.6 Å². The van der Waals surface area contributed by atoms with Crippen molar-refractivity contribution in [2.45, 2.75) is 39.3 Å². The SMILES string of the molecule is NCCOCCOCCOc1cc(CN(Cc2ccccn2)Cc2ccccn2)cc(CN(Cc2ccccn2)Cc2ccccn2)c1.O=[N+]([O-])[O-].O=[N+]([O-])[O-].O=[N+]([O-])[O-].O=[N+]([O-])[O-].[Zn+2].[Zn+2]. The summed E-state index contributed by atoms with van der Waals surface area (Å²) < 4.78 is 17.4. The summed E-state index contributed by atoms with van der Waals surface area (Å²) in [4.78, 5) is 56.1. The topological polar surface area (TPSA) is 377 Å². The van der Waals surface area contributed by atoms with Gasteiger partial charge in [0.2, 0.25) is 0 Å². The molecule has 0 amide bonds. The first-order valence-electron chi connectivity index (χ1n) is 18.6. The van der Waals surface area contributed by atoms with Crippen LogP contribution in [0.2, 0.25) is 0 Å². The molecule has 5 rings (SSSR count). The Bertz CT molecular complexity index is 1780. The minimum Gasteiger partial charge on any atom is -0.491 e. The molecule has 0 spiro atoms. The second-order valence-electron chi connectivity index (χ2n) is 12.3. The van der Waals surface area contributed by atoms with E-state index in [1.165, 1.54) is 0 Å². The number of aromatic nitrogens is 4. The van der Waals surface area contributed by atoms with Crippen molar-refractivity contribution in [1.82, 2.24) is 29.7 Å². The molecule has 0 radical (unpaired) electrons. The van der Waals surface area contributed by atoms with Crippen LogP contribution in [0.1, 0.15) is 33.9 Å². The number of pyridine rings is 4. The van der Waals surface area contributed by atoms with Crippen LogP contribution in [-0.2, 0) is 87.7 Å². The third-order valence-electron chi connectivity index (χ3n) is 7.42. The summed E-state index contributed by atoms with van der Waals surface area (Å²) in [5, 5.41) is 59.0. The first-order chi connectivity index (χ1) is 30.7. The quantitative estimate of drug-likeness (QED) is 0.0468. The van der Waals surface area contributed by atoms with Crippen LogP contribution in [0, 0.1) is 61.3 Å². The number of benzene rings is 1. The van der Waals surface area contributed by atoms with Gasteiger partial charge in [0.15, 0.2) is 0 Å². The second-order valence-corrected chi connectivity index (χ2v) is 12.3. The van der Waals surface area contributed by atoms with Crippen LogP contribution >= 0.6 is 0 Å². The van der Waals surface area contributed by atoms with Crippen molar-refractivity contribution in [1.29, 1.82) is 0 Å². The van der Waals surface area contributed by atoms with Crippen LogP contribution in [0.25, 0.3) is 0 Å². The second kappa shape index (κ2) is 38.9. The fraction of sp³-hybridized carbons (Fsp3) is 0.316. The number of rotatable bonds is 21. The Morgan fingerprint density at radius 2 is 0.727 bits per heavy atom. The van der Waals surface area contributed by atoms with Crippen LogP contribution in [0.15, 0.2) is 116 Å². The summed E-state index contributed by atoms with van der Waals surface area (Å²) in [5.41, 5.74) is 11.8. The van der Waals surface area contributed by atoms with Crippen molar-refractivity contribution in [3.05, 3.63) is 211 Å².